The molecule has 11 heavy (non-hydrogen) atoms. The Hall–Kier alpha value is -0.260. The van der Waals surface area contributed by atoms with Crippen molar-refractivity contribution in [3.8, 4) is 0 Å². The van der Waals surface area contributed by atoms with Crippen molar-refractivity contribution in [2.45, 2.75) is 46.0 Å². The van der Waals surface area contributed by atoms with Crippen LogP contribution in [0.2, 0.25) is 0 Å². The van der Waals surface area contributed by atoms with Crippen molar-refractivity contribution in [1.29, 1.82) is 0 Å². The Kier molecular flexibility index (Phi) is 1.78. The van der Waals surface area contributed by atoms with Gasteiger partial charge < -0.3 is 0 Å². The topological polar surface area (TPSA) is 0 Å². The Morgan fingerprint density at radius 1 is 0.818 bits per heavy atom. The smallest absolute Gasteiger partial charge is 0.0166 e. The standard InChI is InChI=1S/C11H18/c1-8-9(2)11-7-5-3-4-6-10(8)11/h8-9H,3-7H2,1-2H3/t8-,9+. The summed E-state index contributed by atoms with van der Waals surface area (Å²) in [6, 6.07) is 0. The highest BCUT2D eigenvalue weighted by molar-refractivity contribution is 5.31. The summed E-state index contributed by atoms with van der Waals surface area (Å²) in [4.78, 5) is 0. The molecule has 0 radical (unpaired) electrons. The largest absolute Gasteiger partial charge is 0.0673 e. The van der Waals surface area contributed by atoms with E-state index < -0.39 is 0 Å². The van der Waals surface area contributed by atoms with Gasteiger partial charge in [0.05, 0.1) is 0 Å². The molecule has 62 valence electrons. The predicted molar refractivity (Wildman–Crippen MR) is 48.4 cm³/mol. The van der Waals surface area contributed by atoms with Gasteiger partial charge in [0.25, 0.3) is 0 Å². The van der Waals surface area contributed by atoms with Crippen LogP contribution in [0.5, 0.6) is 0 Å². The molecule has 2 aliphatic carbocycles. The highest BCUT2D eigenvalue weighted by Gasteiger charge is 2.33. The van der Waals surface area contributed by atoms with E-state index in [1.807, 2.05) is 11.1 Å². The molecule has 0 saturated heterocycles. The van der Waals surface area contributed by atoms with E-state index in [1.165, 1.54) is 32.1 Å². The van der Waals surface area contributed by atoms with Gasteiger partial charge in [-0.15, -0.1) is 0 Å². The Bertz CT molecular complexity index is 168. The zero-order chi connectivity index (χ0) is 7.84. The van der Waals surface area contributed by atoms with Crippen LogP contribution in [0.15, 0.2) is 11.1 Å². The molecular weight excluding hydrogens is 132 g/mol. The zero-order valence-electron chi connectivity index (χ0n) is 7.69. The Labute approximate surface area is 69.7 Å². The van der Waals surface area contributed by atoms with Crippen LogP contribution >= 0.6 is 0 Å². The van der Waals surface area contributed by atoms with Gasteiger partial charge in [-0.1, -0.05) is 31.4 Å². The average molecular weight is 150 g/mol. The quantitative estimate of drug-likeness (QED) is 0.463. The fourth-order valence-electron chi connectivity index (χ4n) is 2.68. The maximum atomic E-state index is 2.40. The molecule has 2 atom stereocenters. The fraction of sp³-hybridized carbons (Fsp3) is 0.818. The SMILES string of the molecule is C[C@@H]1C2=C(CCCCC2)[C@@H]1C. The minimum Gasteiger partial charge on any atom is -0.0673 e. The summed E-state index contributed by atoms with van der Waals surface area (Å²) in [6.07, 6.45) is 7.21. The summed E-state index contributed by atoms with van der Waals surface area (Å²) in [5, 5.41) is 0. The van der Waals surface area contributed by atoms with Gasteiger partial charge >= 0.3 is 0 Å². The normalized spacial score (nSPS) is 37.6. The van der Waals surface area contributed by atoms with Crippen molar-refractivity contribution < 1.29 is 0 Å². The van der Waals surface area contributed by atoms with E-state index in [1.54, 1.807) is 0 Å². The number of allylic oxidation sites excluding steroid dienone is 2. The van der Waals surface area contributed by atoms with Gasteiger partial charge in [0.2, 0.25) is 0 Å². The van der Waals surface area contributed by atoms with Crippen LogP contribution in [0.1, 0.15) is 46.0 Å². The van der Waals surface area contributed by atoms with Gasteiger partial charge in [-0.3, -0.25) is 0 Å². The average Bonchev–Trinajstić information content (AvgIpc) is 2.25. The molecule has 0 spiro atoms. The maximum absolute atomic E-state index is 2.40. The molecule has 0 heterocycles. The lowest BCUT2D eigenvalue weighted by molar-refractivity contribution is 0.401. The van der Waals surface area contributed by atoms with E-state index in [0.717, 1.165) is 11.8 Å². The predicted octanol–water partition coefficient (Wildman–Crippen LogP) is 3.53. The van der Waals surface area contributed by atoms with Crippen LogP contribution in [0.25, 0.3) is 0 Å². The minimum absolute atomic E-state index is 0.920. The molecule has 0 aromatic carbocycles. The van der Waals surface area contributed by atoms with Gasteiger partial charge in [-0.05, 0) is 37.5 Å². The molecule has 0 fully saturated rings. The van der Waals surface area contributed by atoms with Crippen LogP contribution in [-0.2, 0) is 0 Å². The second-order valence-electron chi connectivity index (χ2n) is 4.19. The van der Waals surface area contributed by atoms with Crippen molar-refractivity contribution >= 4 is 0 Å². The van der Waals surface area contributed by atoms with Crippen LogP contribution in [0.3, 0.4) is 0 Å². The lowest BCUT2D eigenvalue weighted by Crippen LogP contribution is -2.25. The molecule has 0 amide bonds. The molecule has 0 nitrogen and oxygen atoms in total. The molecule has 0 heteroatoms. The lowest BCUT2D eigenvalue weighted by Gasteiger charge is -2.37. The van der Waals surface area contributed by atoms with E-state index in [4.69, 9.17) is 0 Å². The van der Waals surface area contributed by atoms with E-state index in [0.29, 0.717) is 0 Å². The summed E-state index contributed by atoms with van der Waals surface area (Å²) in [5.41, 5.74) is 3.66. The van der Waals surface area contributed by atoms with Gasteiger partial charge in [0, 0.05) is 0 Å². The van der Waals surface area contributed by atoms with E-state index >= 15 is 0 Å². The summed E-state index contributed by atoms with van der Waals surface area (Å²) >= 11 is 0. The molecule has 0 saturated carbocycles. The van der Waals surface area contributed by atoms with Crippen molar-refractivity contribution in [2.75, 3.05) is 0 Å². The first kappa shape index (κ1) is 7.39. The van der Waals surface area contributed by atoms with Crippen molar-refractivity contribution in [1.82, 2.24) is 0 Å². The second kappa shape index (κ2) is 2.66. The Morgan fingerprint density at radius 3 is 1.73 bits per heavy atom. The van der Waals surface area contributed by atoms with Gasteiger partial charge in [-0.25, -0.2) is 0 Å². The number of rotatable bonds is 0. The summed E-state index contributed by atoms with van der Waals surface area (Å²) < 4.78 is 0. The Balaban J connectivity index is 2.16. The summed E-state index contributed by atoms with van der Waals surface area (Å²) in [5.74, 6) is 1.84. The monoisotopic (exact) mass is 150 g/mol. The molecule has 0 N–H and O–H groups in total. The van der Waals surface area contributed by atoms with Crippen LogP contribution in [0.4, 0.5) is 0 Å². The third kappa shape index (κ3) is 1.04. The molecule has 2 aliphatic rings. The highest BCUT2D eigenvalue weighted by atomic mass is 14.4. The fourth-order valence-corrected chi connectivity index (χ4v) is 2.68. The molecule has 2 rings (SSSR count). The molecule has 0 aromatic rings. The van der Waals surface area contributed by atoms with Crippen LogP contribution < -0.4 is 0 Å². The molecule has 0 aliphatic heterocycles. The van der Waals surface area contributed by atoms with E-state index in [-0.39, 0.29) is 0 Å². The Morgan fingerprint density at radius 2 is 1.27 bits per heavy atom. The van der Waals surface area contributed by atoms with E-state index in [2.05, 4.69) is 13.8 Å². The minimum atomic E-state index is 0.920. The maximum Gasteiger partial charge on any atom is -0.0166 e. The van der Waals surface area contributed by atoms with E-state index in [9.17, 15) is 0 Å². The highest BCUT2D eigenvalue weighted by Crippen LogP contribution is 2.46. The third-order valence-corrected chi connectivity index (χ3v) is 3.65. The number of hydrogen-bond donors (Lipinski definition) is 0. The molecular formula is C11H18. The summed E-state index contributed by atoms with van der Waals surface area (Å²) in [6.45, 7) is 4.80. The van der Waals surface area contributed by atoms with Crippen molar-refractivity contribution in [2.24, 2.45) is 11.8 Å². The van der Waals surface area contributed by atoms with Gasteiger partial charge in [0.1, 0.15) is 0 Å². The first-order chi connectivity index (χ1) is 5.30. The van der Waals surface area contributed by atoms with Crippen molar-refractivity contribution in [3.63, 3.8) is 0 Å². The summed E-state index contributed by atoms with van der Waals surface area (Å²) in [7, 11) is 0. The van der Waals surface area contributed by atoms with Gasteiger partial charge in [-0.2, -0.15) is 0 Å². The molecule has 0 bridgehead atoms. The molecule has 0 aromatic heterocycles. The third-order valence-electron chi connectivity index (χ3n) is 3.65. The van der Waals surface area contributed by atoms with Gasteiger partial charge in [0.15, 0.2) is 0 Å². The molecule has 0 unspecified atom stereocenters. The number of hydrogen-bond acceptors (Lipinski definition) is 0. The van der Waals surface area contributed by atoms with Crippen LogP contribution in [0, 0.1) is 11.8 Å². The first-order valence-corrected chi connectivity index (χ1v) is 5.02. The van der Waals surface area contributed by atoms with Crippen molar-refractivity contribution in [3.05, 3.63) is 11.1 Å². The lowest BCUT2D eigenvalue weighted by atomic mass is 9.68. The first-order valence-electron chi connectivity index (χ1n) is 5.02. The second-order valence-corrected chi connectivity index (χ2v) is 4.19. The zero-order valence-corrected chi connectivity index (χ0v) is 7.69. The van der Waals surface area contributed by atoms with Crippen LogP contribution in [-0.4, -0.2) is 0 Å².